The minimum absolute atomic E-state index is 0. The first-order chi connectivity index (χ1) is 14.4. The third-order valence-corrected chi connectivity index (χ3v) is 7.12. The van der Waals surface area contributed by atoms with Crippen LogP contribution in [-0.4, -0.2) is 67.8 Å². The lowest BCUT2D eigenvalue weighted by Crippen LogP contribution is -2.44. The van der Waals surface area contributed by atoms with Gasteiger partial charge >= 0.3 is 0 Å². The van der Waals surface area contributed by atoms with Crippen LogP contribution in [0.5, 0.6) is 0 Å². The number of hydrogen-bond acceptors (Lipinski definition) is 4. The van der Waals surface area contributed by atoms with Crippen LogP contribution >= 0.6 is 35.3 Å². The van der Waals surface area contributed by atoms with Crippen LogP contribution in [0, 0.1) is 5.41 Å². The van der Waals surface area contributed by atoms with E-state index in [2.05, 4.69) is 22.1 Å². The number of halogens is 1. The maximum Gasteiger partial charge on any atom is 0.230 e. The summed E-state index contributed by atoms with van der Waals surface area (Å²) < 4.78 is 0. The number of aliphatic imine (C=N–C) groups is 1. The van der Waals surface area contributed by atoms with Gasteiger partial charge in [-0.2, -0.15) is 0 Å². The molecule has 9 heteroatoms. The zero-order valence-corrected chi connectivity index (χ0v) is 22.1. The van der Waals surface area contributed by atoms with Crippen molar-refractivity contribution in [3.8, 4) is 0 Å². The van der Waals surface area contributed by atoms with Gasteiger partial charge in [0.25, 0.3) is 0 Å². The summed E-state index contributed by atoms with van der Waals surface area (Å²) in [6.07, 6.45) is 5.34. The van der Waals surface area contributed by atoms with Gasteiger partial charge in [0.1, 0.15) is 0 Å². The molecular formula is C22H36IN5O2S. The lowest BCUT2D eigenvalue weighted by molar-refractivity contribution is -0.138. The monoisotopic (exact) mass is 561 g/mol. The normalized spacial score (nSPS) is 17.5. The molecule has 1 aliphatic heterocycles. The molecule has 0 atom stereocenters. The third kappa shape index (κ3) is 6.57. The van der Waals surface area contributed by atoms with E-state index in [0.717, 1.165) is 51.7 Å². The van der Waals surface area contributed by atoms with Crippen molar-refractivity contribution in [3.63, 3.8) is 0 Å². The number of nitrogens with one attached hydrogen (secondary N) is 2. The summed E-state index contributed by atoms with van der Waals surface area (Å²) in [5.41, 5.74) is 0.906. The van der Waals surface area contributed by atoms with Gasteiger partial charge < -0.3 is 20.4 Å². The highest BCUT2D eigenvalue weighted by Gasteiger charge is 2.42. The largest absolute Gasteiger partial charge is 0.357 e. The van der Waals surface area contributed by atoms with Crippen molar-refractivity contribution in [2.45, 2.75) is 52.0 Å². The highest BCUT2D eigenvalue weighted by Crippen LogP contribution is 2.39. The average molecular weight is 562 g/mol. The van der Waals surface area contributed by atoms with Crippen LogP contribution < -0.4 is 10.6 Å². The fourth-order valence-corrected chi connectivity index (χ4v) is 5.33. The maximum absolute atomic E-state index is 12.8. The molecule has 2 amide bonds. The summed E-state index contributed by atoms with van der Waals surface area (Å²) in [7, 11) is 3.64. The Morgan fingerprint density at radius 1 is 1.26 bits per heavy atom. The molecule has 1 aliphatic carbocycles. The van der Waals surface area contributed by atoms with Gasteiger partial charge in [0.2, 0.25) is 11.8 Å². The van der Waals surface area contributed by atoms with Crippen molar-refractivity contribution in [1.82, 2.24) is 20.4 Å². The maximum atomic E-state index is 12.8. The SMILES string of the molecule is CCNC(=NCC1(C(=O)N(C)C)CCCC1)NCCC(=O)N1CCc2sccc2C1.I. The van der Waals surface area contributed by atoms with Crippen LogP contribution in [0.2, 0.25) is 0 Å². The summed E-state index contributed by atoms with van der Waals surface area (Å²) in [5.74, 6) is 1.03. The molecular weight excluding hydrogens is 525 g/mol. The summed E-state index contributed by atoms with van der Waals surface area (Å²) in [4.78, 5) is 35.2. The minimum atomic E-state index is -0.381. The molecule has 1 aromatic rings. The van der Waals surface area contributed by atoms with Gasteiger partial charge in [-0.05, 0) is 43.2 Å². The van der Waals surface area contributed by atoms with Crippen molar-refractivity contribution in [1.29, 1.82) is 0 Å². The van der Waals surface area contributed by atoms with E-state index >= 15 is 0 Å². The van der Waals surface area contributed by atoms with Gasteiger partial charge in [-0.15, -0.1) is 35.3 Å². The molecule has 0 saturated heterocycles. The Morgan fingerprint density at radius 2 is 2.00 bits per heavy atom. The van der Waals surface area contributed by atoms with E-state index in [-0.39, 0.29) is 41.2 Å². The van der Waals surface area contributed by atoms with Crippen molar-refractivity contribution >= 4 is 53.1 Å². The van der Waals surface area contributed by atoms with Gasteiger partial charge in [-0.3, -0.25) is 14.6 Å². The van der Waals surface area contributed by atoms with E-state index in [0.29, 0.717) is 25.5 Å². The zero-order valence-electron chi connectivity index (χ0n) is 18.9. The van der Waals surface area contributed by atoms with Crippen molar-refractivity contribution in [2.75, 3.05) is 40.3 Å². The second-order valence-corrected chi connectivity index (χ2v) is 9.49. The molecule has 7 nitrogen and oxygen atoms in total. The molecule has 0 aromatic carbocycles. The van der Waals surface area contributed by atoms with Crippen molar-refractivity contribution < 1.29 is 9.59 Å². The Balaban J connectivity index is 0.00000341. The fraction of sp³-hybridized carbons (Fsp3) is 0.682. The minimum Gasteiger partial charge on any atom is -0.357 e. The van der Waals surface area contributed by atoms with E-state index in [9.17, 15) is 9.59 Å². The van der Waals surface area contributed by atoms with Gasteiger partial charge in [0.05, 0.1) is 12.0 Å². The Bertz CT molecular complexity index is 774. The number of carbonyl (C=O) groups is 2. The molecule has 174 valence electrons. The van der Waals surface area contributed by atoms with Gasteiger partial charge in [-0.1, -0.05) is 12.8 Å². The van der Waals surface area contributed by atoms with Crippen LogP contribution in [0.25, 0.3) is 0 Å². The number of carbonyl (C=O) groups excluding carboxylic acids is 2. The first-order valence-corrected chi connectivity index (χ1v) is 11.9. The van der Waals surface area contributed by atoms with Crippen LogP contribution in [0.1, 0.15) is 49.5 Å². The Kier molecular flexibility index (Phi) is 10.1. The molecule has 0 unspecified atom stereocenters. The number of fused-ring (bicyclic) bond motifs is 1. The van der Waals surface area contributed by atoms with Crippen molar-refractivity contribution in [2.24, 2.45) is 10.4 Å². The van der Waals surface area contributed by atoms with Gasteiger partial charge in [-0.25, -0.2) is 0 Å². The second kappa shape index (κ2) is 12.0. The molecule has 1 aromatic heterocycles. The number of hydrogen-bond donors (Lipinski definition) is 2. The molecule has 0 radical (unpaired) electrons. The summed E-state index contributed by atoms with van der Waals surface area (Å²) in [6.45, 7) is 5.30. The van der Waals surface area contributed by atoms with Crippen LogP contribution in [0.15, 0.2) is 16.4 Å². The van der Waals surface area contributed by atoms with Crippen LogP contribution in [-0.2, 0) is 22.6 Å². The Labute approximate surface area is 207 Å². The first kappa shape index (κ1) is 25.9. The molecule has 31 heavy (non-hydrogen) atoms. The standard InChI is InChI=1S/C22H35N5O2S.HI/c1-4-23-21(25-16-22(10-5-6-11-22)20(29)26(2)3)24-12-7-19(28)27-13-8-18-17(15-27)9-14-30-18;/h9,14H,4-8,10-13,15-16H2,1-3H3,(H2,23,24,25);1H. The molecule has 3 rings (SSSR count). The fourth-order valence-electron chi connectivity index (χ4n) is 4.45. The zero-order chi connectivity index (χ0) is 21.6. The molecule has 1 saturated carbocycles. The van der Waals surface area contributed by atoms with Crippen molar-refractivity contribution in [3.05, 3.63) is 21.9 Å². The van der Waals surface area contributed by atoms with E-state index in [1.165, 1.54) is 10.4 Å². The lowest BCUT2D eigenvalue weighted by atomic mass is 9.85. The van der Waals surface area contributed by atoms with Crippen LogP contribution in [0.4, 0.5) is 0 Å². The van der Waals surface area contributed by atoms with Gasteiger partial charge in [0.15, 0.2) is 5.96 Å². The molecule has 2 N–H and O–H groups in total. The van der Waals surface area contributed by atoms with E-state index in [1.807, 2.05) is 25.9 Å². The number of rotatable bonds is 7. The van der Waals surface area contributed by atoms with Crippen LogP contribution in [0.3, 0.4) is 0 Å². The number of thiophene rings is 1. The Hall–Kier alpha value is -1.36. The molecule has 1 fully saturated rings. The second-order valence-electron chi connectivity index (χ2n) is 8.49. The number of guanidine groups is 1. The summed E-state index contributed by atoms with van der Waals surface area (Å²) in [6, 6.07) is 2.13. The van der Waals surface area contributed by atoms with E-state index < -0.39 is 0 Å². The molecule has 2 heterocycles. The number of amides is 2. The van der Waals surface area contributed by atoms with E-state index in [4.69, 9.17) is 4.99 Å². The quantitative estimate of drug-likeness (QED) is 0.305. The molecule has 0 bridgehead atoms. The predicted molar refractivity (Wildman–Crippen MR) is 137 cm³/mol. The first-order valence-electron chi connectivity index (χ1n) is 11.0. The number of nitrogens with zero attached hydrogens (tertiary/aromatic N) is 3. The summed E-state index contributed by atoms with van der Waals surface area (Å²) in [5, 5.41) is 8.64. The predicted octanol–water partition coefficient (Wildman–Crippen LogP) is 2.84. The van der Waals surface area contributed by atoms with E-state index in [1.54, 1.807) is 16.2 Å². The topological polar surface area (TPSA) is 77.0 Å². The smallest absolute Gasteiger partial charge is 0.230 e. The Morgan fingerprint density at radius 3 is 2.68 bits per heavy atom. The average Bonchev–Trinajstić information content (AvgIpc) is 3.40. The van der Waals surface area contributed by atoms with Gasteiger partial charge in [0, 0.05) is 51.6 Å². The summed E-state index contributed by atoms with van der Waals surface area (Å²) >= 11 is 1.78. The molecule has 2 aliphatic rings. The lowest BCUT2D eigenvalue weighted by Gasteiger charge is -2.29. The highest BCUT2D eigenvalue weighted by atomic mass is 127. The highest BCUT2D eigenvalue weighted by molar-refractivity contribution is 14.0. The third-order valence-electron chi connectivity index (χ3n) is 6.10. The molecule has 0 spiro atoms.